The first-order valence-corrected chi connectivity index (χ1v) is 12.0. The maximum atomic E-state index is 13.7. The molecule has 33 heavy (non-hydrogen) atoms. The van der Waals surface area contributed by atoms with E-state index in [9.17, 15) is 9.59 Å². The number of ether oxygens (including phenoxy) is 2. The van der Waals surface area contributed by atoms with Gasteiger partial charge in [-0.05, 0) is 68.0 Å². The second-order valence-electron chi connectivity index (χ2n) is 9.19. The summed E-state index contributed by atoms with van der Waals surface area (Å²) in [6.07, 6.45) is 7.24. The minimum Gasteiger partial charge on any atom is -0.494 e. The first-order valence-electron chi connectivity index (χ1n) is 12.0. The van der Waals surface area contributed by atoms with Crippen molar-refractivity contribution in [3.05, 3.63) is 65.1 Å². The Morgan fingerprint density at radius 2 is 1.91 bits per heavy atom. The van der Waals surface area contributed by atoms with E-state index in [4.69, 9.17) is 9.47 Å². The summed E-state index contributed by atoms with van der Waals surface area (Å²) < 4.78 is 12.0. The number of aromatic nitrogens is 1. The SMILES string of the molecule is CCCCOc1ccc(C2C3=C(OC4CCCCC4C3=O)C(=O)N2c2cc(C)ccn2)cc1. The van der Waals surface area contributed by atoms with Crippen LogP contribution in [0, 0.1) is 12.8 Å². The second kappa shape index (κ2) is 9.00. The van der Waals surface area contributed by atoms with Gasteiger partial charge in [0.25, 0.3) is 5.91 Å². The molecule has 0 N–H and O–H groups in total. The van der Waals surface area contributed by atoms with Gasteiger partial charge in [-0.15, -0.1) is 0 Å². The largest absolute Gasteiger partial charge is 0.494 e. The van der Waals surface area contributed by atoms with Crippen LogP contribution in [0.3, 0.4) is 0 Å². The van der Waals surface area contributed by atoms with Gasteiger partial charge in [0.15, 0.2) is 11.5 Å². The van der Waals surface area contributed by atoms with Crippen LogP contribution in [0.4, 0.5) is 5.82 Å². The van der Waals surface area contributed by atoms with E-state index in [2.05, 4.69) is 11.9 Å². The molecule has 3 aliphatic rings. The summed E-state index contributed by atoms with van der Waals surface area (Å²) in [4.78, 5) is 33.4. The molecule has 0 bridgehead atoms. The van der Waals surface area contributed by atoms with E-state index in [-0.39, 0.29) is 29.5 Å². The number of carbonyl (C=O) groups is 2. The highest BCUT2D eigenvalue weighted by Gasteiger charge is 2.52. The number of nitrogens with zero attached hydrogens (tertiary/aromatic N) is 2. The highest BCUT2D eigenvalue weighted by molar-refractivity contribution is 6.17. The molecule has 1 aromatic carbocycles. The number of aryl methyl sites for hydroxylation is 1. The van der Waals surface area contributed by atoms with Crippen molar-refractivity contribution in [2.24, 2.45) is 5.92 Å². The van der Waals surface area contributed by atoms with Gasteiger partial charge in [0.1, 0.15) is 17.7 Å². The highest BCUT2D eigenvalue weighted by Crippen LogP contribution is 2.48. The summed E-state index contributed by atoms with van der Waals surface area (Å²) in [6, 6.07) is 10.9. The zero-order valence-electron chi connectivity index (χ0n) is 19.3. The normalized spacial score (nSPS) is 24.4. The van der Waals surface area contributed by atoms with Gasteiger partial charge in [0.05, 0.1) is 24.1 Å². The van der Waals surface area contributed by atoms with Crippen molar-refractivity contribution in [1.82, 2.24) is 4.98 Å². The van der Waals surface area contributed by atoms with E-state index >= 15 is 0 Å². The fraction of sp³-hybridized carbons (Fsp3) is 0.444. The van der Waals surface area contributed by atoms with Gasteiger partial charge in [-0.25, -0.2) is 4.98 Å². The summed E-state index contributed by atoms with van der Waals surface area (Å²) in [5, 5.41) is 0. The van der Waals surface area contributed by atoms with E-state index < -0.39 is 6.04 Å². The molecular formula is C27H30N2O4. The number of anilines is 1. The molecule has 6 nitrogen and oxygen atoms in total. The number of rotatable bonds is 6. The van der Waals surface area contributed by atoms with E-state index in [1.54, 1.807) is 11.1 Å². The predicted octanol–water partition coefficient (Wildman–Crippen LogP) is 5.07. The van der Waals surface area contributed by atoms with Gasteiger partial charge in [-0.2, -0.15) is 0 Å². The molecule has 0 spiro atoms. The molecule has 1 aromatic heterocycles. The fourth-order valence-corrected chi connectivity index (χ4v) is 5.13. The van der Waals surface area contributed by atoms with Crippen LogP contribution in [-0.4, -0.2) is 29.4 Å². The molecule has 3 heterocycles. The van der Waals surface area contributed by atoms with E-state index in [1.165, 1.54) is 0 Å². The molecule has 1 fully saturated rings. The fourth-order valence-electron chi connectivity index (χ4n) is 5.13. The lowest BCUT2D eigenvalue weighted by Gasteiger charge is -2.35. The molecule has 1 aliphatic carbocycles. The Hall–Kier alpha value is -3.15. The minimum absolute atomic E-state index is 0.0534. The summed E-state index contributed by atoms with van der Waals surface area (Å²) in [5.41, 5.74) is 2.33. The molecule has 3 unspecified atom stereocenters. The number of Topliss-reactive ketones (excluding diaryl/α,β-unsaturated/α-hetero) is 1. The highest BCUT2D eigenvalue weighted by atomic mass is 16.5. The van der Waals surface area contributed by atoms with Crippen molar-refractivity contribution in [3.63, 3.8) is 0 Å². The first-order chi connectivity index (χ1) is 16.1. The molecule has 1 saturated carbocycles. The van der Waals surface area contributed by atoms with Gasteiger partial charge in [-0.3, -0.25) is 14.5 Å². The van der Waals surface area contributed by atoms with Crippen LogP contribution in [0.15, 0.2) is 53.9 Å². The maximum absolute atomic E-state index is 13.7. The zero-order valence-corrected chi connectivity index (χ0v) is 19.3. The molecule has 6 heteroatoms. The number of amides is 1. The third-order valence-electron chi connectivity index (χ3n) is 6.87. The molecule has 3 atom stereocenters. The van der Waals surface area contributed by atoms with E-state index in [0.717, 1.165) is 55.4 Å². The zero-order chi connectivity index (χ0) is 22.9. The van der Waals surface area contributed by atoms with Crippen molar-refractivity contribution in [3.8, 4) is 5.75 Å². The lowest BCUT2D eigenvalue weighted by molar-refractivity contribution is -0.131. The van der Waals surface area contributed by atoms with Gasteiger partial charge in [-0.1, -0.05) is 31.9 Å². The topological polar surface area (TPSA) is 68.7 Å². The second-order valence-corrected chi connectivity index (χ2v) is 9.19. The monoisotopic (exact) mass is 446 g/mol. The number of benzene rings is 1. The lowest BCUT2D eigenvalue weighted by atomic mass is 9.77. The van der Waals surface area contributed by atoms with E-state index in [0.29, 0.717) is 18.0 Å². The molecule has 0 radical (unpaired) electrons. The average molecular weight is 447 g/mol. The van der Waals surface area contributed by atoms with Crippen LogP contribution in [-0.2, 0) is 14.3 Å². The Labute approximate surface area is 194 Å². The summed E-state index contributed by atoms with van der Waals surface area (Å²) in [7, 11) is 0. The summed E-state index contributed by atoms with van der Waals surface area (Å²) >= 11 is 0. The quantitative estimate of drug-likeness (QED) is 0.580. The van der Waals surface area contributed by atoms with Crippen molar-refractivity contribution in [2.75, 3.05) is 11.5 Å². The van der Waals surface area contributed by atoms with Crippen LogP contribution in [0.5, 0.6) is 5.75 Å². The Morgan fingerprint density at radius 3 is 2.67 bits per heavy atom. The van der Waals surface area contributed by atoms with Crippen molar-refractivity contribution >= 4 is 17.5 Å². The third kappa shape index (κ3) is 3.92. The van der Waals surface area contributed by atoms with E-state index in [1.807, 2.05) is 43.3 Å². The van der Waals surface area contributed by atoms with Crippen molar-refractivity contribution in [2.45, 2.75) is 64.5 Å². The Balaban J connectivity index is 1.55. The molecular weight excluding hydrogens is 416 g/mol. The molecule has 0 saturated heterocycles. The predicted molar refractivity (Wildman–Crippen MR) is 125 cm³/mol. The number of fused-ring (bicyclic) bond motifs is 1. The van der Waals surface area contributed by atoms with Gasteiger partial charge in [0, 0.05) is 6.20 Å². The summed E-state index contributed by atoms with van der Waals surface area (Å²) in [5.74, 6) is 1.12. The lowest BCUT2D eigenvalue weighted by Crippen LogP contribution is -2.39. The van der Waals surface area contributed by atoms with Crippen LogP contribution < -0.4 is 9.64 Å². The Bertz CT molecular complexity index is 1090. The first kappa shape index (κ1) is 21.7. The smallest absolute Gasteiger partial charge is 0.295 e. The molecule has 2 aliphatic heterocycles. The van der Waals surface area contributed by atoms with Gasteiger partial charge >= 0.3 is 0 Å². The number of pyridine rings is 1. The standard InChI is InChI=1S/C27H30N2O4/c1-3-4-15-32-19-11-9-18(10-12-19)24-23-25(30)20-7-5-6-8-21(20)33-26(23)27(31)29(24)22-16-17(2)13-14-28-22/h9-14,16,20-21,24H,3-8,15H2,1-2H3. The average Bonchev–Trinajstić information content (AvgIpc) is 3.12. The van der Waals surface area contributed by atoms with Gasteiger partial charge < -0.3 is 9.47 Å². The molecule has 5 rings (SSSR count). The number of hydrogen-bond donors (Lipinski definition) is 0. The number of hydrogen-bond acceptors (Lipinski definition) is 5. The number of ketones is 1. The summed E-state index contributed by atoms with van der Waals surface area (Å²) in [6.45, 7) is 4.76. The van der Waals surface area contributed by atoms with Crippen molar-refractivity contribution in [1.29, 1.82) is 0 Å². The van der Waals surface area contributed by atoms with Crippen LogP contribution >= 0.6 is 0 Å². The minimum atomic E-state index is -0.554. The van der Waals surface area contributed by atoms with Crippen molar-refractivity contribution < 1.29 is 19.1 Å². The number of unbranched alkanes of at least 4 members (excludes halogenated alkanes) is 1. The van der Waals surface area contributed by atoms with Crippen LogP contribution in [0.2, 0.25) is 0 Å². The Kier molecular flexibility index (Phi) is 5.92. The van der Waals surface area contributed by atoms with Crippen LogP contribution in [0.1, 0.15) is 62.6 Å². The number of carbonyl (C=O) groups excluding carboxylic acids is 2. The Morgan fingerprint density at radius 1 is 1.12 bits per heavy atom. The molecule has 1 amide bonds. The maximum Gasteiger partial charge on any atom is 0.295 e. The molecule has 2 aromatic rings. The van der Waals surface area contributed by atoms with Crippen LogP contribution in [0.25, 0.3) is 0 Å². The molecule has 172 valence electrons. The van der Waals surface area contributed by atoms with Gasteiger partial charge in [0.2, 0.25) is 0 Å². The third-order valence-corrected chi connectivity index (χ3v) is 6.87.